The molecule has 1 N–H and O–H groups in total. The third-order valence-corrected chi connectivity index (χ3v) is 3.71. The van der Waals surface area contributed by atoms with E-state index in [9.17, 15) is 14.4 Å². The van der Waals surface area contributed by atoms with Crippen LogP contribution >= 0.6 is 0 Å². The molecule has 2 amide bonds. The molecule has 1 aliphatic heterocycles. The Balaban J connectivity index is 1.75. The Morgan fingerprint density at radius 1 is 1.28 bits per heavy atom. The van der Waals surface area contributed by atoms with Crippen molar-refractivity contribution in [3.05, 3.63) is 35.9 Å². The van der Waals surface area contributed by atoms with Gasteiger partial charge in [-0.2, -0.15) is 0 Å². The second-order valence-electron chi connectivity index (χ2n) is 7.01. The van der Waals surface area contributed by atoms with Crippen LogP contribution in [0.15, 0.2) is 30.3 Å². The van der Waals surface area contributed by atoms with Gasteiger partial charge in [-0.25, -0.2) is 9.59 Å². The molecule has 0 bridgehead atoms. The molecule has 0 unspecified atom stereocenters. The van der Waals surface area contributed by atoms with E-state index in [2.05, 4.69) is 5.32 Å². The van der Waals surface area contributed by atoms with Crippen LogP contribution in [0.1, 0.15) is 26.3 Å². The highest BCUT2D eigenvalue weighted by Gasteiger charge is 2.38. The van der Waals surface area contributed by atoms with Gasteiger partial charge in [0.25, 0.3) is 0 Å². The number of likely N-dealkylation sites (tertiary alicyclic amines) is 1. The summed E-state index contributed by atoms with van der Waals surface area (Å²) in [6.45, 7) is 6.23. The molecule has 25 heavy (non-hydrogen) atoms. The molecule has 1 aromatic carbocycles. The number of nitrogens with zero attached hydrogens (tertiary/aromatic N) is 1. The molecule has 1 saturated heterocycles. The van der Waals surface area contributed by atoms with Crippen LogP contribution in [0.2, 0.25) is 0 Å². The zero-order chi connectivity index (χ0) is 18.4. The molecule has 0 saturated carbocycles. The van der Waals surface area contributed by atoms with Crippen LogP contribution in [-0.2, 0) is 20.9 Å². The lowest BCUT2D eigenvalue weighted by Gasteiger charge is -2.41. The summed E-state index contributed by atoms with van der Waals surface area (Å²) in [4.78, 5) is 36.5. The minimum atomic E-state index is -0.693. The zero-order valence-corrected chi connectivity index (χ0v) is 14.7. The summed E-state index contributed by atoms with van der Waals surface area (Å²) in [5.41, 5.74) is 0.297. The van der Waals surface area contributed by atoms with Crippen LogP contribution in [0, 0.1) is 5.92 Å². The monoisotopic (exact) mass is 348 g/mol. The molecular weight excluding hydrogens is 324 g/mol. The summed E-state index contributed by atoms with van der Waals surface area (Å²) in [6, 6.07) is 8.57. The first-order valence-corrected chi connectivity index (χ1v) is 8.19. The first kappa shape index (κ1) is 18.8. The minimum Gasteiger partial charge on any atom is -0.445 e. The van der Waals surface area contributed by atoms with Gasteiger partial charge in [0.1, 0.15) is 18.5 Å². The lowest BCUT2D eigenvalue weighted by molar-refractivity contribution is -0.112. The molecule has 0 radical (unpaired) electrons. The van der Waals surface area contributed by atoms with Gasteiger partial charge < -0.3 is 24.5 Å². The van der Waals surface area contributed by atoms with Crippen LogP contribution in [0.25, 0.3) is 0 Å². The van der Waals surface area contributed by atoms with Crippen molar-refractivity contribution in [1.82, 2.24) is 10.2 Å². The van der Waals surface area contributed by atoms with Gasteiger partial charge in [0.2, 0.25) is 0 Å². The second-order valence-corrected chi connectivity index (χ2v) is 7.01. The number of ether oxygens (including phenoxy) is 2. The van der Waals surface area contributed by atoms with Crippen molar-refractivity contribution in [2.45, 2.75) is 39.0 Å². The molecule has 7 nitrogen and oxygen atoms in total. The van der Waals surface area contributed by atoms with E-state index >= 15 is 0 Å². The Morgan fingerprint density at radius 3 is 2.48 bits per heavy atom. The smallest absolute Gasteiger partial charge is 0.410 e. The number of carbonyl (C=O) groups is 3. The van der Waals surface area contributed by atoms with Gasteiger partial charge in [0.05, 0.1) is 6.04 Å². The second kappa shape index (κ2) is 8.00. The Hall–Kier alpha value is -2.57. The number of aldehydes is 1. The van der Waals surface area contributed by atoms with E-state index in [0.29, 0.717) is 19.4 Å². The first-order valence-electron chi connectivity index (χ1n) is 8.19. The number of rotatable bonds is 5. The number of nitrogens with one attached hydrogen (secondary N) is 1. The molecule has 1 aromatic rings. The zero-order valence-electron chi connectivity index (χ0n) is 14.7. The molecule has 7 heteroatoms. The minimum absolute atomic E-state index is 0.132. The van der Waals surface area contributed by atoms with Gasteiger partial charge in [0.15, 0.2) is 0 Å². The summed E-state index contributed by atoms with van der Waals surface area (Å²) in [5, 5.41) is 2.54. The van der Waals surface area contributed by atoms with E-state index in [1.807, 2.05) is 30.3 Å². The van der Waals surface area contributed by atoms with E-state index in [1.54, 1.807) is 20.8 Å². The van der Waals surface area contributed by atoms with Crippen molar-refractivity contribution >= 4 is 18.5 Å². The molecule has 1 fully saturated rings. The molecule has 2 rings (SSSR count). The molecule has 136 valence electrons. The predicted molar refractivity (Wildman–Crippen MR) is 90.9 cm³/mol. The third kappa shape index (κ3) is 5.77. The number of hydrogen-bond donors (Lipinski definition) is 1. The Kier molecular flexibility index (Phi) is 6.01. The molecule has 1 heterocycles. The lowest BCUT2D eigenvalue weighted by atomic mass is 9.93. The first-order chi connectivity index (χ1) is 11.8. The Bertz CT molecular complexity index is 606. The Morgan fingerprint density at radius 2 is 1.92 bits per heavy atom. The van der Waals surface area contributed by atoms with Crippen molar-refractivity contribution in [2.75, 3.05) is 13.1 Å². The number of alkyl carbamates (subject to hydrolysis) is 1. The fourth-order valence-electron chi connectivity index (χ4n) is 2.38. The topological polar surface area (TPSA) is 84.9 Å². The van der Waals surface area contributed by atoms with Crippen molar-refractivity contribution < 1.29 is 23.9 Å². The molecule has 1 aliphatic rings. The third-order valence-electron chi connectivity index (χ3n) is 3.71. The van der Waals surface area contributed by atoms with E-state index in [1.165, 1.54) is 4.90 Å². The molecule has 0 aliphatic carbocycles. The molecule has 1 atom stereocenters. The van der Waals surface area contributed by atoms with Crippen LogP contribution in [-0.4, -0.2) is 48.1 Å². The average molecular weight is 348 g/mol. The normalized spacial score (nSPS) is 15.7. The van der Waals surface area contributed by atoms with E-state index in [4.69, 9.17) is 9.47 Å². The summed E-state index contributed by atoms with van der Waals surface area (Å²) in [5.74, 6) is -0.144. The number of amides is 2. The van der Waals surface area contributed by atoms with E-state index in [0.717, 1.165) is 5.56 Å². The van der Waals surface area contributed by atoms with Crippen LogP contribution in [0.5, 0.6) is 0 Å². The van der Waals surface area contributed by atoms with Crippen LogP contribution in [0.3, 0.4) is 0 Å². The molecule has 0 aromatic heterocycles. The maximum atomic E-state index is 11.9. The highest BCUT2D eigenvalue weighted by molar-refractivity contribution is 5.74. The highest BCUT2D eigenvalue weighted by atomic mass is 16.6. The quantitative estimate of drug-likeness (QED) is 0.826. The summed E-state index contributed by atoms with van der Waals surface area (Å²) >= 11 is 0. The van der Waals surface area contributed by atoms with Crippen LogP contribution < -0.4 is 5.32 Å². The fraction of sp³-hybridized carbons (Fsp3) is 0.500. The van der Waals surface area contributed by atoms with Crippen molar-refractivity contribution in [3.8, 4) is 0 Å². The van der Waals surface area contributed by atoms with Crippen molar-refractivity contribution in [3.63, 3.8) is 0 Å². The van der Waals surface area contributed by atoms with E-state index in [-0.39, 0.29) is 12.5 Å². The average Bonchev–Trinajstić information content (AvgIpc) is 2.49. The summed E-state index contributed by atoms with van der Waals surface area (Å²) in [7, 11) is 0. The number of hydrogen-bond acceptors (Lipinski definition) is 5. The van der Waals surface area contributed by atoms with E-state index < -0.39 is 23.8 Å². The van der Waals surface area contributed by atoms with Crippen LogP contribution in [0.4, 0.5) is 9.59 Å². The highest BCUT2D eigenvalue weighted by Crippen LogP contribution is 2.21. The standard InChI is InChI=1S/C18H24N2O5/c1-18(2,3)25-17(23)20-9-14(10-20)15(11-21)19-16(22)24-12-13-7-5-4-6-8-13/h4-8,11,14-15H,9-10,12H2,1-3H3,(H,19,22)/t15-/m1/s1. The summed E-state index contributed by atoms with van der Waals surface area (Å²) < 4.78 is 10.4. The molecule has 0 spiro atoms. The lowest BCUT2D eigenvalue weighted by Crippen LogP contribution is -2.59. The van der Waals surface area contributed by atoms with Gasteiger partial charge >= 0.3 is 12.2 Å². The predicted octanol–water partition coefficient (Wildman–Crippen LogP) is 2.35. The number of carbonyl (C=O) groups excluding carboxylic acids is 3. The SMILES string of the molecule is CC(C)(C)OC(=O)N1CC([C@@H](C=O)NC(=O)OCc2ccccc2)C1. The summed E-state index contributed by atoms with van der Waals surface area (Å²) in [6.07, 6.45) is -0.405. The van der Waals surface area contributed by atoms with Gasteiger partial charge in [-0.05, 0) is 26.3 Å². The van der Waals surface area contributed by atoms with Crippen molar-refractivity contribution in [2.24, 2.45) is 5.92 Å². The van der Waals surface area contributed by atoms with Gasteiger partial charge in [-0.15, -0.1) is 0 Å². The van der Waals surface area contributed by atoms with Gasteiger partial charge in [0, 0.05) is 19.0 Å². The Labute approximate surface area is 147 Å². The maximum absolute atomic E-state index is 11.9. The van der Waals surface area contributed by atoms with Crippen molar-refractivity contribution in [1.29, 1.82) is 0 Å². The fourth-order valence-corrected chi connectivity index (χ4v) is 2.38. The largest absolute Gasteiger partial charge is 0.445 e. The van der Waals surface area contributed by atoms with Gasteiger partial charge in [-0.3, -0.25) is 0 Å². The number of benzene rings is 1. The maximum Gasteiger partial charge on any atom is 0.410 e. The van der Waals surface area contributed by atoms with Gasteiger partial charge in [-0.1, -0.05) is 30.3 Å². The molecular formula is C18H24N2O5.